The van der Waals surface area contributed by atoms with Gasteiger partial charge >= 0.3 is 11.8 Å². The molecule has 2 aromatic rings. The zero-order valence-electron chi connectivity index (χ0n) is 23.2. The van der Waals surface area contributed by atoms with Crippen molar-refractivity contribution >= 4 is 11.8 Å². The van der Waals surface area contributed by atoms with Gasteiger partial charge in [-0.15, -0.1) is 0 Å². The molecule has 36 heavy (non-hydrogen) atoms. The van der Waals surface area contributed by atoms with E-state index in [1.54, 1.807) is 0 Å². The Kier molecular flexibility index (Phi) is 15.9. The van der Waals surface area contributed by atoms with Crippen molar-refractivity contribution in [3.63, 3.8) is 0 Å². The first-order valence-electron chi connectivity index (χ1n) is 13.0. The largest absolute Gasteiger partial charge is 1.00 e. The van der Waals surface area contributed by atoms with E-state index >= 15 is 0 Å². The van der Waals surface area contributed by atoms with Gasteiger partial charge in [-0.25, -0.2) is 9.59 Å². The van der Waals surface area contributed by atoms with Crippen molar-refractivity contribution in [1.82, 2.24) is 0 Å². The molecule has 0 aromatic heterocycles. The maximum atomic E-state index is 12.8. The Morgan fingerprint density at radius 3 is 1.14 bits per heavy atom. The van der Waals surface area contributed by atoms with Crippen LogP contribution in [0.15, 0.2) is 48.5 Å². The molecule has 202 valence electrons. The van der Waals surface area contributed by atoms with Crippen LogP contribution < -0.4 is 34.0 Å². The molecule has 0 saturated carbocycles. The van der Waals surface area contributed by atoms with Crippen LogP contribution in [0.1, 0.15) is 63.5 Å². The van der Waals surface area contributed by atoms with E-state index in [0.29, 0.717) is 21.8 Å². The van der Waals surface area contributed by atoms with Crippen LogP contribution in [0.4, 0.5) is 0 Å². The number of rotatable bonds is 13. The number of carbonyl (C=O) groups excluding carboxylic acids is 2. The third-order valence-electron chi connectivity index (χ3n) is 6.94. The predicted octanol–water partition coefficient (Wildman–Crippen LogP) is 0.0330. The number of hydrogen-bond donors (Lipinski definition) is 0. The van der Waals surface area contributed by atoms with Crippen molar-refractivity contribution in [1.29, 1.82) is 0 Å². The first kappa shape index (κ1) is 34.7. The molecular weight excluding hydrogens is 580 g/mol. The Bertz CT molecular complexity index is 845. The van der Waals surface area contributed by atoms with E-state index < -0.39 is 0 Å². The highest BCUT2D eigenvalue weighted by Gasteiger charge is 2.26. The maximum Gasteiger partial charge on any atom is 0.317 e. The second kappa shape index (κ2) is 16.5. The van der Waals surface area contributed by atoms with Gasteiger partial charge in [0.15, 0.2) is 0 Å². The summed E-state index contributed by atoms with van der Waals surface area (Å²) >= 11 is 0. The van der Waals surface area contributed by atoms with Crippen LogP contribution in [-0.2, 0) is 22.4 Å². The molecule has 0 aliphatic rings. The minimum atomic E-state index is 0. The highest BCUT2D eigenvalue weighted by Crippen LogP contribution is 2.22. The quantitative estimate of drug-likeness (QED) is 0.233. The van der Waals surface area contributed by atoms with E-state index in [0.717, 1.165) is 48.2 Å². The van der Waals surface area contributed by atoms with E-state index in [4.69, 9.17) is 0 Å². The Morgan fingerprint density at radius 1 is 0.556 bits per heavy atom. The molecule has 2 aromatic carbocycles. The molecule has 0 atom stereocenters. The summed E-state index contributed by atoms with van der Waals surface area (Å²) in [5.74, 6) is 0.516. The molecule has 0 spiro atoms. The van der Waals surface area contributed by atoms with Crippen LogP contribution in [0, 0.1) is 0 Å². The van der Waals surface area contributed by atoms with Crippen molar-refractivity contribution in [3.8, 4) is 11.1 Å². The minimum absolute atomic E-state index is 0. The second-order valence-corrected chi connectivity index (χ2v) is 10.8. The smallest absolute Gasteiger partial charge is 0.317 e. The van der Waals surface area contributed by atoms with Crippen molar-refractivity contribution in [2.75, 3.05) is 41.3 Å². The van der Waals surface area contributed by atoms with E-state index in [1.807, 2.05) is 28.2 Å². The molecule has 0 heterocycles. The third-order valence-corrected chi connectivity index (χ3v) is 6.94. The maximum absolute atomic E-state index is 12.8. The van der Waals surface area contributed by atoms with Crippen molar-refractivity contribution < 1.29 is 52.5 Å². The molecule has 0 N–H and O–H groups in total. The fourth-order valence-electron chi connectivity index (χ4n) is 4.17. The molecule has 0 aliphatic carbocycles. The normalized spacial score (nSPS) is 11.4. The topological polar surface area (TPSA) is 34.1 Å². The molecule has 0 saturated heterocycles. The number of amides is 2. The number of unbranched alkanes of at least 4 members (excludes halogenated alkanes) is 4. The molecule has 0 radical (unpaired) electrons. The van der Waals surface area contributed by atoms with Gasteiger partial charge in [-0.2, -0.15) is 0 Å². The zero-order valence-corrected chi connectivity index (χ0v) is 26.3. The average molecular weight is 627 g/mol. The number of benzene rings is 2. The number of carbonyl (C=O) groups is 2. The Hall–Kier alpha value is -1.34. The predicted molar refractivity (Wildman–Crippen MR) is 142 cm³/mol. The van der Waals surface area contributed by atoms with Gasteiger partial charge in [0, 0.05) is 0 Å². The third kappa shape index (κ3) is 11.0. The van der Waals surface area contributed by atoms with Crippen LogP contribution in [0.2, 0.25) is 0 Å². The zero-order chi connectivity index (χ0) is 25.2. The summed E-state index contributed by atoms with van der Waals surface area (Å²) in [6, 6.07) is 16.6. The monoisotopic (exact) mass is 624 g/mol. The van der Waals surface area contributed by atoms with Crippen LogP contribution in [0.5, 0.6) is 0 Å². The number of halogens is 2. The van der Waals surface area contributed by atoms with Crippen molar-refractivity contribution in [2.45, 2.75) is 65.2 Å². The second-order valence-electron chi connectivity index (χ2n) is 10.8. The first-order chi connectivity index (χ1) is 16.1. The van der Waals surface area contributed by atoms with Crippen molar-refractivity contribution in [2.24, 2.45) is 0 Å². The minimum Gasteiger partial charge on any atom is -1.00 e. The van der Waals surface area contributed by atoms with E-state index in [9.17, 15) is 9.59 Å². The summed E-state index contributed by atoms with van der Waals surface area (Å²) in [6.07, 6.45) is 7.79. The molecule has 2 amide bonds. The molecule has 0 bridgehead atoms. The lowest BCUT2D eigenvalue weighted by atomic mass is 10.00. The van der Waals surface area contributed by atoms with Gasteiger partial charge < -0.3 is 34.0 Å². The summed E-state index contributed by atoms with van der Waals surface area (Å²) in [4.78, 5) is 25.6. The number of likely N-dealkylation sites (N-methyl/N-ethyl adjacent to an activating group) is 2. The molecule has 6 heteroatoms. The van der Waals surface area contributed by atoms with Crippen molar-refractivity contribution in [3.05, 3.63) is 59.7 Å². The highest BCUT2D eigenvalue weighted by atomic mass is 79.9. The first-order valence-corrected chi connectivity index (χ1v) is 13.0. The standard InChI is InChI=1S/C30H46N2O2.2BrH/c1-7-9-11-21-31(3,4)29(33)23-25-13-17-27(18-14-25)28-19-15-26(16-20-28)24-30(34)32(5,6)22-12-10-8-2;;/h13-20H,7-12,21-24H2,1-6H3;2*1H/q+2;;/p-2. The lowest BCUT2D eigenvalue weighted by Crippen LogP contribution is -3.00. The SMILES string of the molecule is CCCCC[N+](C)(C)C(=O)Cc1ccc(-c2ccc(CC(=O)[N+](C)(C)CCCCC)cc2)cc1.[Br-].[Br-]. The molecular formula is C30H46Br2N2O2. The Morgan fingerprint density at radius 2 is 0.861 bits per heavy atom. The van der Waals surface area contributed by atoms with Gasteiger partial charge in [0.05, 0.1) is 54.1 Å². The van der Waals surface area contributed by atoms with Crippen LogP contribution >= 0.6 is 0 Å². The molecule has 4 nitrogen and oxygen atoms in total. The van der Waals surface area contributed by atoms with Gasteiger partial charge in [0.25, 0.3) is 0 Å². The average Bonchev–Trinajstić information content (AvgIpc) is 2.80. The molecule has 0 aliphatic heterocycles. The highest BCUT2D eigenvalue weighted by molar-refractivity contribution is 5.74. The van der Waals surface area contributed by atoms with Gasteiger partial charge in [0.2, 0.25) is 0 Å². The van der Waals surface area contributed by atoms with Crippen LogP contribution in [-0.4, -0.2) is 62.1 Å². The van der Waals surface area contributed by atoms with Crippen LogP contribution in [0.3, 0.4) is 0 Å². The van der Waals surface area contributed by atoms with Gasteiger partial charge in [-0.3, -0.25) is 8.97 Å². The van der Waals surface area contributed by atoms with E-state index in [1.165, 1.54) is 25.7 Å². The van der Waals surface area contributed by atoms with Crippen LogP contribution in [0.25, 0.3) is 11.1 Å². The fraction of sp³-hybridized carbons (Fsp3) is 0.533. The Balaban J connectivity index is 0.00000612. The van der Waals surface area contributed by atoms with Gasteiger partial charge in [-0.05, 0) is 47.9 Å². The number of hydrogen-bond acceptors (Lipinski definition) is 2. The lowest BCUT2D eigenvalue weighted by molar-refractivity contribution is -0.814. The Labute approximate surface area is 240 Å². The van der Waals surface area contributed by atoms with Gasteiger partial charge in [0.1, 0.15) is 0 Å². The molecule has 0 unspecified atom stereocenters. The molecule has 2 rings (SSSR count). The van der Waals surface area contributed by atoms with E-state index in [-0.39, 0.29) is 45.8 Å². The molecule has 0 fully saturated rings. The number of quaternary nitrogens is 2. The summed E-state index contributed by atoms with van der Waals surface area (Å²) < 4.78 is 0.881. The number of nitrogens with zero attached hydrogens (tertiary/aromatic N) is 2. The fourth-order valence-corrected chi connectivity index (χ4v) is 4.17. The summed E-state index contributed by atoms with van der Waals surface area (Å²) in [5.41, 5.74) is 4.37. The lowest BCUT2D eigenvalue weighted by Gasteiger charge is -2.27. The summed E-state index contributed by atoms with van der Waals surface area (Å²) in [7, 11) is 8.07. The van der Waals surface area contributed by atoms with Gasteiger partial charge in [-0.1, -0.05) is 75.2 Å². The summed E-state index contributed by atoms with van der Waals surface area (Å²) in [6.45, 7) is 6.17. The summed E-state index contributed by atoms with van der Waals surface area (Å²) in [5, 5.41) is 0. The van der Waals surface area contributed by atoms with E-state index in [2.05, 4.69) is 62.4 Å².